The average molecular weight is 300 g/mol. The smallest absolute Gasteiger partial charge is 0.284 e. The Hall–Kier alpha value is -2.14. The van der Waals surface area contributed by atoms with Crippen LogP contribution in [0.25, 0.3) is 0 Å². The largest absolute Gasteiger partial charge is 0.363 e. The van der Waals surface area contributed by atoms with Gasteiger partial charge in [-0.25, -0.2) is 4.98 Å². The molecule has 2 aromatic rings. The number of nitrogens with one attached hydrogen (secondary N) is 1. The van der Waals surface area contributed by atoms with E-state index in [0.29, 0.717) is 5.82 Å². The molecule has 0 saturated heterocycles. The van der Waals surface area contributed by atoms with E-state index in [1.54, 1.807) is 12.4 Å². The molecule has 5 nitrogen and oxygen atoms in total. The first-order chi connectivity index (χ1) is 10.4. The monoisotopic (exact) mass is 300 g/mol. The van der Waals surface area contributed by atoms with Gasteiger partial charge in [0.05, 0.1) is 0 Å². The van der Waals surface area contributed by atoms with Gasteiger partial charge in [-0.2, -0.15) is 0 Å². The third kappa shape index (κ3) is 3.74. The average Bonchev–Trinajstić information content (AvgIpc) is 2.98. The summed E-state index contributed by atoms with van der Waals surface area (Å²) in [5.74, 6) is -0.190. The third-order valence-corrected chi connectivity index (χ3v) is 4.00. The molecule has 0 saturated carbocycles. The zero-order valence-corrected chi connectivity index (χ0v) is 13.4. The van der Waals surface area contributed by atoms with Crippen molar-refractivity contribution in [3.8, 4) is 0 Å². The fourth-order valence-corrected chi connectivity index (χ4v) is 2.55. The maximum absolute atomic E-state index is 11.4. The van der Waals surface area contributed by atoms with Crippen LogP contribution in [0.3, 0.4) is 0 Å². The van der Waals surface area contributed by atoms with Crippen molar-refractivity contribution in [2.75, 3.05) is 6.54 Å². The van der Waals surface area contributed by atoms with Crippen LogP contribution in [0, 0.1) is 0 Å². The maximum atomic E-state index is 11.4. The van der Waals surface area contributed by atoms with Crippen molar-refractivity contribution in [1.82, 2.24) is 14.9 Å². The number of carbonyl (C=O) groups excluding carboxylic acids is 1. The fourth-order valence-electron chi connectivity index (χ4n) is 2.55. The number of carbonyl (C=O) groups is 1. The second kappa shape index (κ2) is 6.75. The van der Waals surface area contributed by atoms with Crippen LogP contribution < -0.4 is 11.1 Å². The predicted molar refractivity (Wildman–Crippen MR) is 87.5 cm³/mol. The van der Waals surface area contributed by atoms with Crippen LogP contribution in [0.1, 0.15) is 49.4 Å². The second-order valence-electron chi connectivity index (χ2n) is 6.13. The SMILES string of the molecule is CC(NCCC(C)(C)n1ccnc1C(N)=O)c1ccccc1. The Labute approximate surface area is 131 Å². The van der Waals surface area contributed by atoms with Gasteiger partial charge >= 0.3 is 0 Å². The van der Waals surface area contributed by atoms with Gasteiger partial charge in [0, 0.05) is 24.0 Å². The number of aromatic nitrogens is 2. The van der Waals surface area contributed by atoms with Crippen LogP contribution in [-0.4, -0.2) is 22.0 Å². The van der Waals surface area contributed by atoms with Crippen LogP contribution in [0.2, 0.25) is 0 Å². The van der Waals surface area contributed by atoms with Gasteiger partial charge in [0.25, 0.3) is 5.91 Å². The molecule has 0 bridgehead atoms. The molecule has 22 heavy (non-hydrogen) atoms. The van der Waals surface area contributed by atoms with Gasteiger partial charge in [0.15, 0.2) is 5.82 Å². The molecule has 0 spiro atoms. The number of rotatable bonds is 7. The number of imidazole rings is 1. The van der Waals surface area contributed by atoms with Crippen LogP contribution in [0.4, 0.5) is 0 Å². The first kappa shape index (κ1) is 16.2. The molecule has 0 aliphatic rings. The number of primary amides is 1. The molecule has 1 unspecified atom stereocenters. The van der Waals surface area contributed by atoms with E-state index in [-0.39, 0.29) is 11.6 Å². The minimum absolute atomic E-state index is 0.232. The number of benzene rings is 1. The van der Waals surface area contributed by atoms with Gasteiger partial charge in [-0.3, -0.25) is 4.79 Å². The molecule has 1 amide bonds. The van der Waals surface area contributed by atoms with Gasteiger partial charge in [-0.05, 0) is 39.3 Å². The van der Waals surface area contributed by atoms with Gasteiger partial charge in [0.2, 0.25) is 0 Å². The van der Waals surface area contributed by atoms with E-state index >= 15 is 0 Å². The summed E-state index contributed by atoms with van der Waals surface area (Å²) in [6.45, 7) is 7.14. The van der Waals surface area contributed by atoms with E-state index in [4.69, 9.17) is 5.73 Å². The number of amides is 1. The number of hydrogen-bond acceptors (Lipinski definition) is 3. The lowest BCUT2D eigenvalue weighted by molar-refractivity contribution is 0.0978. The zero-order valence-electron chi connectivity index (χ0n) is 13.4. The third-order valence-electron chi connectivity index (χ3n) is 4.00. The molecular weight excluding hydrogens is 276 g/mol. The highest BCUT2D eigenvalue weighted by Crippen LogP contribution is 2.21. The number of hydrogen-bond donors (Lipinski definition) is 2. The highest BCUT2D eigenvalue weighted by Gasteiger charge is 2.24. The van der Waals surface area contributed by atoms with Crippen molar-refractivity contribution >= 4 is 5.91 Å². The summed E-state index contributed by atoms with van der Waals surface area (Å²) in [6.07, 6.45) is 4.28. The highest BCUT2D eigenvalue weighted by molar-refractivity contribution is 5.89. The Balaban J connectivity index is 1.95. The summed E-state index contributed by atoms with van der Waals surface area (Å²) in [5.41, 5.74) is 6.40. The Kier molecular flexibility index (Phi) is 4.98. The van der Waals surface area contributed by atoms with E-state index in [0.717, 1.165) is 13.0 Å². The second-order valence-corrected chi connectivity index (χ2v) is 6.13. The van der Waals surface area contributed by atoms with Crippen molar-refractivity contribution in [3.63, 3.8) is 0 Å². The normalized spacial score (nSPS) is 13.0. The maximum Gasteiger partial charge on any atom is 0.284 e. The lowest BCUT2D eigenvalue weighted by Gasteiger charge is -2.29. The minimum atomic E-state index is -0.497. The molecule has 3 N–H and O–H groups in total. The number of nitrogens with zero attached hydrogens (tertiary/aromatic N) is 2. The van der Waals surface area contributed by atoms with Gasteiger partial charge in [-0.15, -0.1) is 0 Å². The topological polar surface area (TPSA) is 72.9 Å². The summed E-state index contributed by atoms with van der Waals surface area (Å²) in [6, 6.07) is 10.6. The Morgan fingerprint density at radius 3 is 2.68 bits per heavy atom. The van der Waals surface area contributed by atoms with Crippen molar-refractivity contribution in [2.24, 2.45) is 5.73 Å². The molecule has 0 fully saturated rings. The Bertz CT molecular complexity index is 619. The molecule has 0 aliphatic carbocycles. The molecule has 1 aromatic heterocycles. The molecule has 1 aromatic carbocycles. The zero-order chi connectivity index (χ0) is 16.2. The van der Waals surface area contributed by atoms with E-state index in [1.165, 1.54) is 5.56 Å². The van der Waals surface area contributed by atoms with Crippen LogP contribution >= 0.6 is 0 Å². The van der Waals surface area contributed by atoms with Crippen LogP contribution in [0.15, 0.2) is 42.7 Å². The standard InChI is InChI=1S/C17H24N4O/c1-13(14-7-5-4-6-8-14)19-10-9-17(2,3)21-12-11-20-16(21)15(18)22/h4-8,11-13,19H,9-10H2,1-3H3,(H2,18,22). The lowest BCUT2D eigenvalue weighted by Crippen LogP contribution is -2.34. The molecule has 0 radical (unpaired) electrons. The molecule has 1 atom stereocenters. The molecular formula is C17H24N4O. The van der Waals surface area contributed by atoms with Crippen LogP contribution in [-0.2, 0) is 5.54 Å². The van der Waals surface area contributed by atoms with E-state index < -0.39 is 5.91 Å². The Morgan fingerprint density at radius 2 is 2.05 bits per heavy atom. The lowest BCUT2D eigenvalue weighted by atomic mass is 9.99. The first-order valence-electron chi connectivity index (χ1n) is 7.54. The van der Waals surface area contributed by atoms with Gasteiger partial charge in [-0.1, -0.05) is 30.3 Å². The minimum Gasteiger partial charge on any atom is -0.363 e. The molecule has 1 heterocycles. The predicted octanol–water partition coefficient (Wildman–Crippen LogP) is 2.46. The number of nitrogens with two attached hydrogens (primary N) is 1. The fraction of sp³-hybridized carbons (Fsp3) is 0.412. The van der Waals surface area contributed by atoms with Crippen LogP contribution in [0.5, 0.6) is 0 Å². The van der Waals surface area contributed by atoms with E-state index in [1.807, 2.05) is 22.8 Å². The van der Waals surface area contributed by atoms with Crippen molar-refractivity contribution < 1.29 is 4.79 Å². The summed E-state index contributed by atoms with van der Waals surface area (Å²) < 4.78 is 1.85. The van der Waals surface area contributed by atoms with Crippen molar-refractivity contribution in [3.05, 3.63) is 54.1 Å². The summed E-state index contributed by atoms with van der Waals surface area (Å²) in [7, 11) is 0. The molecule has 0 aliphatic heterocycles. The highest BCUT2D eigenvalue weighted by atomic mass is 16.1. The van der Waals surface area contributed by atoms with Gasteiger partial charge in [0.1, 0.15) is 0 Å². The molecule has 118 valence electrons. The molecule has 2 rings (SSSR count). The van der Waals surface area contributed by atoms with Crippen molar-refractivity contribution in [2.45, 2.75) is 38.8 Å². The molecule has 5 heteroatoms. The Morgan fingerprint density at radius 1 is 1.36 bits per heavy atom. The quantitative estimate of drug-likeness (QED) is 0.825. The first-order valence-corrected chi connectivity index (χ1v) is 7.54. The van der Waals surface area contributed by atoms with E-state index in [2.05, 4.69) is 43.2 Å². The summed E-state index contributed by atoms with van der Waals surface area (Å²) in [5, 5.41) is 3.52. The van der Waals surface area contributed by atoms with E-state index in [9.17, 15) is 4.79 Å². The summed E-state index contributed by atoms with van der Waals surface area (Å²) >= 11 is 0. The summed E-state index contributed by atoms with van der Waals surface area (Å²) in [4.78, 5) is 15.5. The van der Waals surface area contributed by atoms with Gasteiger partial charge < -0.3 is 15.6 Å². The van der Waals surface area contributed by atoms with Crippen molar-refractivity contribution in [1.29, 1.82) is 0 Å².